The van der Waals surface area contributed by atoms with Crippen molar-refractivity contribution in [2.75, 3.05) is 0 Å². The van der Waals surface area contributed by atoms with E-state index in [0.717, 1.165) is 12.8 Å². The Morgan fingerprint density at radius 1 is 1.17 bits per heavy atom. The topological polar surface area (TPSA) is 87.0 Å². The Morgan fingerprint density at radius 3 is 2.63 bits per heavy atom. The van der Waals surface area contributed by atoms with Crippen LogP contribution >= 0.6 is 0 Å². The molecule has 0 radical (unpaired) electrons. The molecule has 0 aromatic heterocycles. The van der Waals surface area contributed by atoms with Crippen molar-refractivity contribution in [3.05, 3.63) is 64.7 Å². The summed E-state index contributed by atoms with van der Waals surface area (Å²) in [6, 6.07) is 7.91. The van der Waals surface area contributed by atoms with Gasteiger partial charge >= 0.3 is 0 Å². The van der Waals surface area contributed by atoms with Crippen LogP contribution in [0.1, 0.15) is 61.0 Å². The highest BCUT2D eigenvalue weighted by molar-refractivity contribution is 6.09. The van der Waals surface area contributed by atoms with Gasteiger partial charge in [0.25, 0.3) is 0 Å². The smallest absolute Gasteiger partial charge is 0.189 e. The van der Waals surface area contributed by atoms with Crippen LogP contribution in [0.15, 0.2) is 48.1 Å². The van der Waals surface area contributed by atoms with Gasteiger partial charge in [-0.2, -0.15) is 0 Å². The molecule has 0 spiro atoms. The SMILES string of the molecule is CC1=C[C@@H]2c3c(O)c(C(=O)/C=C/c4ccccc4O)cc(O)c3OC(C)(C)[C@@H]2CC1. The van der Waals surface area contributed by atoms with E-state index in [0.29, 0.717) is 11.1 Å². The number of hydrogen-bond donors (Lipinski definition) is 3. The highest BCUT2D eigenvalue weighted by atomic mass is 16.5. The van der Waals surface area contributed by atoms with Crippen molar-refractivity contribution in [1.82, 2.24) is 0 Å². The molecule has 5 heteroatoms. The summed E-state index contributed by atoms with van der Waals surface area (Å²) in [5.41, 5.74) is 1.68. The molecule has 2 aliphatic rings. The summed E-state index contributed by atoms with van der Waals surface area (Å²) in [6.07, 6.45) is 6.75. The third-order valence-corrected chi connectivity index (χ3v) is 6.22. The molecular weight excluding hydrogens is 380 g/mol. The zero-order valence-electron chi connectivity index (χ0n) is 17.3. The van der Waals surface area contributed by atoms with Crippen molar-refractivity contribution >= 4 is 11.9 Å². The fourth-order valence-corrected chi connectivity index (χ4v) is 4.62. The Kier molecular flexibility index (Phi) is 4.85. The van der Waals surface area contributed by atoms with Crippen LogP contribution in [0.5, 0.6) is 23.0 Å². The fraction of sp³-hybridized carbons (Fsp3) is 0.320. The monoisotopic (exact) mass is 406 g/mol. The first-order valence-electron chi connectivity index (χ1n) is 10.1. The number of ketones is 1. The molecule has 30 heavy (non-hydrogen) atoms. The Labute approximate surface area is 175 Å². The van der Waals surface area contributed by atoms with Crippen LogP contribution in [0.4, 0.5) is 0 Å². The lowest BCUT2D eigenvalue weighted by molar-refractivity contribution is 0.00824. The molecular formula is C25H26O5. The standard InChI is InChI=1S/C25H26O5/c1-14-8-10-18-16(12-14)22-23(29)17(13-21(28)24(22)30-25(18,2)3)20(27)11-9-15-6-4-5-7-19(15)26/h4-7,9,11-13,16,18,26,28-29H,8,10H2,1-3H3/b11-9+/t16-,18+/m0/s1. The summed E-state index contributed by atoms with van der Waals surface area (Å²) in [4.78, 5) is 12.8. The molecule has 1 heterocycles. The summed E-state index contributed by atoms with van der Waals surface area (Å²) in [5, 5.41) is 31.6. The zero-order valence-corrected chi connectivity index (χ0v) is 17.3. The number of phenolic OH excluding ortho intramolecular Hbond substituents is 3. The number of rotatable bonds is 3. The highest BCUT2D eigenvalue weighted by Gasteiger charge is 2.46. The van der Waals surface area contributed by atoms with Crippen LogP contribution in [-0.4, -0.2) is 26.7 Å². The number of aromatic hydroxyl groups is 3. The maximum Gasteiger partial charge on any atom is 0.189 e. The lowest BCUT2D eigenvalue weighted by Gasteiger charge is -2.46. The molecule has 1 aliphatic carbocycles. The normalized spacial score (nSPS) is 22.0. The Balaban J connectivity index is 1.79. The van der Waals surface area contributed by atoms with E-state index >= 15 is 0 Å². The number of para-hydroxylation sites is 1. The van der Waals surface area contributed by atoms with Crippen LogP contribution in [0.25, 0.3) is 6.08 Å². The number of ether oxygens (including phenoxy) is 1. The molecule has 5 nitrogen and oxygen atoms in total. The third kappa shape index (κ3) is 3.34. The minimum atomic E-state index is -0.505. The summed E-state index contributed by atoms with van der Waals surface area (Å²) < 4.78 is 6.11. The van der Waals surface area contributed by atoms with Gasteiger partial charge in [-0.1, -0.05) is 29.8 Å². The van der Waals surface area contributed by atoms with Gasteiger partial charge in [0.15, 0.2) is 17.3 Å². The minimum absolute atomic E-state index is 0.0107. The number of benzene rings is 2. The average molecular weight is 406 g/mol. The van der Waals surface area contributed by atoms with Gasteiger partial charge in [-0.25, -0.2) is 0 Å². The molecule has 0 unspecified atom stereocenters. The second-order valence-electron chi connectivity index (χ2n) is 8.68. The molecule has 0 bridgehead atoms. The van der Waals surface area contributed by atoms with Gasteiger partial charge in [0.1, 0.15) is 17.1 Å². The first-order chi connectivity index (χ1) is 14.2. The number of fused-ring (bicyclic) bond motifs is 3. The second-order valence-corrected chi connectivity index (χ2v) is 8.68. The summed E-state index contributed by atoms with van der Waals surface area (Å²) in [6.45, 7) is 6.04. The van der Waals surface area contributed by atoms with E-state index in [1.807, 2.05) is 13.8 Å². The van der Waals surface area contributed by atoms with Gasteiger partial charge in [-0.05, 0) is 57.9 Å². The molecule has 2 aromatic carbocycles. The summed E-state index contributed by atoms with van der Waals surface area (Å²) in [5.74, 6) is -0.506. The maximum atomic E-state index is 12.8. The van der Waals surface area contributed by atoms with Gasteiger partial charge in [0.2, 0.25) is 0 Å². The summed E-state index contributed by atoms with van der Waals surface area (Å²) in [7, 11) is 0. The minimum Gasteiger partial charge on any atom is -0.507 e. The average Bonchev–Trinajstić information content (AvgIpc) is 2.69. The molecule has 1 aliphatic heterocycles. The second kappa shape index (κ2) is 7.24. The lowest BCUT2D eigenvalue weighted by atomic mass is 9.67. The molecule has 0 amide bonds. The van der Waals surface area contributed by atoms with Crippen molar-refractivity contribution in [2.45, 2.75) is 45.1 Å². The largest absolute Gasteiger partial charge is 0.507 e. The van der Waals surface area contributed by atoms with Crippen molar-refractivity contribution < 1.29 is 24.9 Å². The van der Waals surface area contributed by atoms with Gasteiger partial charge in [0, 0.05) is 23.0 Å². The Hall–Kier alpha value is -3.21. The van der Waals surface area contributed by atoms with E-state index in [2.05, 4.69) is 13.0 Å². The first kappa shape index (κ1) is 20.1. The van der Waals surface area contributed by atoms with Crippen LogP contribution in [0.2, 0.25) is 0 Å². The van der Waals surface area contributed by atoms with Gasteiger partial charge in [-0.3, -0.25) is 4.79 Å². The number of allylic oxidation sites excluding steroid dienone is 3. The van der Waals surface area contributed by atoms with E-state index in [1.54, 1.807) is 18.2 Å². The van der Waals surface area contributed by atoms with Crippen molar-refractivity contribution in [3.8, 4) is 23.0 Å². The van der Waals surface area contributed by atoms with E-state index in [-0.39, 0.29) is 40.4 Å². The predicted octanol–water partition coefficient (Wildman–Crippen LogP) is 5.31. The Morgan fingerprint density at radius 2 is 1.90 bits per heavy atom. The van der Waals surface area contributed by atoms with E-state index < -0.39 is 11.4 Å². The first-order valence-corrected chi connectivity index (χ1v) is 10.1. The summed E-state index contributed by atoms with van der Waals surface area (Å²) >= 11 is 0. The Bertz CT molecular complexity index is 1080. The molecule has 156 valence electrons. The van der Waals surface area contributed by atoms with Crippen molar-refractivity contribution in [3.63, 3.8) is 0 Å². The van der Waals surface area contributed by atoms with Gasteiger partial charge in [0.05, 0.1) is 5.56 Å². The van der Waals surface area contributed by atoms with E-state index in [4.69, 9.17) is 4.74 Å². The molecule has 2 atom stereocenters. The number of carbonyl (C=O) groups excluding carboxylic acids is 1. The molecule has 0 saturated carbocycles. The zero-order chi connectivity index (χ0) is 21.6. The van der Waals surface area contributed by atoms with Crippen molar-refractivity contribution in [2.24, 2.45) is 5.92 Å². The number of carbonyl (C=O) groups is 1. The van der Waals surface area contributed by atoms with Crippen LogP contribution < -0.4 is 4.74 Å². The van der Waals surface area contributed by atoms with Crippen LogP contribution in [0.3, 0.4) is 0 Å². The molecule has 0 fully saturated rings. The van der Waals surface area contributed by atoms with E-state index in [9.17, 15) is 20.1 Å². The molecule has 3 N–H and O–H groups in total. The predicted molar refractivity (Wildman–Crippen MR) is 115 cm³/mol. The van der Waals surface area contributed by atoms with Crippen molar-refractivity contribution in [1.29, 1.82) is 0 Å². The molecule has 4 rings (SSSR count). The maximum absolute atomic E-state index is 12.8. The van der Waals surface area contributed by atoms with Crippen LogP contribution in [-0.2, 0) is 0 Å². The molecule has 0 saturated heterocycles. The number of phenols is 3. The quantitative estimate of drug-likeness (QED) is 0.278. The highest BCUT2D eigenvalue weighted by Crippen LogP contribution is 2.56. The fourth-order valence-electron chi connectivity index (χ4n) is 4.62. The van der Waals surface area contributed by atoms with E-state index in [1.165, 1.54) is 29.9 Å². The lowest BCUT2D eigenvalue weighted by Crippen LogP contribution is -2.45. The van der Waals surface area contributed by atoms with Crippen LogP contribution in [0, 0.1) is 5.92 Å². The third-order valence-electron chi connectivity index (χ3n) is 6.22. The molecule has 2 aromatic rings. The van der Waals surface area contributed by atoms with Gasteiger partial charge < -0.3 is 20.1 Å². The van der Waals surface area contributed by atoms with Gasteiger partial charge in [-0.15, -0.1) is 0 Å². The number of hydrogen-bond acceptors (Lipinski definition) is 5.